The van der Waals surface area contributed by atoms with Gasteiger partial charge < -0.3 is 10.4 Å². The highest BCUT2D eigenvalue weighted by Crippen LogP contribution is 2.26. The zero-order valence-corrected chi connectivity index (χ0v) is 10.5. The second-order valence-corrected chi connectivity index (χ2v) is 5.61. The molecule has 0 amide bonds. The van der Waals surface area contributed by atoms with Crippen molar-refractivity contribution in [3.8, 4) is 0 Å². The molecule has 0 aromatic carbocycles. The van der Waals surface area contributed by atoms with Crippen molar-refractivity contribution in [3.63, 3.8) is 0 Å². The lowest BCUT2D eigenvalue weighted by Gasteiger charge is -2.30. The maximum Gasteiger partial charge on any atom is 0.0794 e. The highest BCUT2D eigenvalue weighted by atomic mass is 32.1. The van der Waals surface area contributed by atoms with Crippen LogP contribution in [0.3, 0.4) is 0 Å². The van der Waals surface area contributed by atoms with Crippen LogP contribution in [-0.4, -0.2) is 22.7 Å². The Kier molecular flexibility index (Phi) is 4.32. The minimum atomic E-state index is 0.358. The lowest BCUT2D eigenvalue weighted by atomic mass is 9.86. The number of aromatic nitrogens is 1. The average molecular weight is 240 g/mol. The fraction of sp³-hybridized carbons (Fsp3) is 0.750. The van der Waals surface area contributed by atoms with E-state index in [1.807, 2.05) is 11.7 Å². The first-order chi connectivity index (χ1) is 7.79. The first-order valence-corrected chi connectivity index (χ1v) is 6.93. The molecular formula is C12H20N2OS. The molecule has 3 nitrogen and oxygen atoms in total. The standard InChI is InChI=1S/C12H20N2OS/c1-9(12-6-13-8-16-12)14-11-4-2-10(7-15)3-5-11/h6,8-11,14-15H,2-5,7H2,1H3. The summed E-state index contributed by atoms with van der Waals surface area (Å²) in [6.07, 6.45) is 6.64. The van der Waals surface area contributed by atoms with Gasteiger partial charge in [0.1, 0.15) is 0 Å². The molecule has 0 aliphatic heterocycles. The van der Waals surface area contributed by atoms with Crippen LogP contribution in [0, 0.1) is 5.92 Å². The fourth-order valence-electron chi connectivity index (χ4n) is 2.39. The third-order valence-corrected chi connectivity index (χ3v) is 4.43. The summed E-state index contributed by atoms with van der Waals surface area (Å²) in [5.74, 6) is 0.539. The molecule has 1 aromatic rings. The van der Waals surface area contributed by atoms with Crippen LogP contribution in [0.2, 0.25) is 0 Å². The van der Waals surface area contributed by atoms with Crippen LogP contribution < -0.4 is 5.32 Å². The summed E-state index contributed by atoms with van der Waals surface area (Å²) in [6, 6.07) is 1.02. The summed E-state index contributed by atoms with van der Waals surface area (Å²) in [6.45, 7) is 2.56. The number of aliphatic hydroxyl groups excluding tert-OH is 1. The highest BCUT2D eigenvalue weighted by molar-refractivity contribution is 7.09. The molecule has 1 aromatic heterocycles. The first-order valence-electron chi connectivity index (χ1n) is 6.05. The van der Waals surface area contributed by atoms with Crippen LogP contribution >= 0.6 is 11.3 Å². The molecule has 1 heterocycles. The van der Waals surface area contributed by atoms with Crippen LogP contribution in [0.15, 0.2) is 11.7 Å². The molecule has 0 bridgehead atoms. The Morgan fingerprint density at radius 2 is 2.25 bits per heavy atom. The summed E-state index contributed by atoms with van der Waals surface area (Å²) in [5, 5.41) is 12.7. The van der Waals surface area contributed by atoms with E-state index < -0.39 is 0 Å². The molecule has 1 saturated carbocycles. The van der Waals surface area contributed by atoms with Crippen molar-refractivity contribution in [3.05, 3.63) is 16.6 Å². The van der Waals surface area contributed by atoms with Crippen LogP contribution in [0.5, 0.6) is 0 Å². The molecule has 4 heteroatoms. The molecule has 2 rings (SSSR count). The largest absolute Gasteiger partial charge is 0.396 e. The van der Waals surface area contributed by atoms with E-state index in [-0.39, 0.29) is 0 Å². The maximum atomic E-state index is 9.08. The van der Waals surface area contributed by atoms with Crippen molar-refractivity contribution in [2.24, 2.45) is 5.92 Å². The lowest BCUT2D eigenvalue weighted by molar-refractivity contribution is 0.172. The molecular weight excluding hydrogens is 220 g/mol. The third-order valence-electron chi connectivity index (χ3n) is 3.47. The van der Waals surface area contributed by atoms with Gasteiger partial charge in [-0.3, -0.25) is 4.98 Å². The summed E-state index contributed by atoms with van der Waals surface area (Å²) >= 11 is 1.71. The Bertz CT molecular complexity index is 294. The smallest absolute Gasteiger partial charge is 0.0794 e. The SMILES string of the molecule is CC(NC1CCC(CO)CC1)c1cncs1. The van der Waals surface area contributed by atoms with Gasteiger partial charge in [-0.2, -0.15) is 0 Å². The van der Waals surface area contributed by atoms with Gasteiger partial charge in [0.25, 0.3) is 0 Å². The van der Waals surface area contributed by atoms with Crippen molar-refractivity contribution in [1.82, 2.24) is 10.3 Å². The van der Waals surface area contributed by atoms with Gasteiger partial charge in [-0.15, -0.1) is 11.3 Å². The van der Waals surface area contributed by atoms with Gasteiger partial charge in [-0.25, -0.2) is 0 Å². The van der Waals surface area contributed by atoms with E-state index in [1.165, 1.54) is 17.7 Å². The van der Waals surface area contributed by atoms with Crippen molar-refractivity contribution in [2.45, 2.75) is 44.7 Å². The van der Waals surface area contributed by atoms with Gasteiger partial charge >= 0.3 is 0 Å². The Balaban J connectivity index is 1.78. The van der Waals surface area contributed by atoms with Crippen molar-refractivity contribution < 1.29 is 5.11 Å². The Morgan fingerprint density at radius 1 is 1.50 bits per heavy atom. The van der Waals surface area contributed by atoms with Crippen molar-refractivity contribution in [2.75, 3.05) is 6.61 Å². The van der Waals surface area contributed by atoms with Crippen molar-refractivity contribution >= 4 is 11.3 Å². The number of hydrogen-bond acceptors (Lipinski definition) is 4. The second kappa shape index (κ2) is 5.75. The van der Waals surface area contributed by atoms with E-state index >= 15 is 0 Å². The molecule has 16 heavy (non-hydrogen) atoms. The van der Waals surface area contributed by atoms with Crippen LogP contribution in [0.4, 0.5) is 0 Å². The van der Waals surface area contributed by atoms with E-state index in [0.717, 1.165) is 12.8 Å². The number of aliphatic hydroxyl groups is 1. The Labute approximate surface area is 101 Å². The number of thiazole rings is 1. The predicted octanol–water partition coefficient (Wildman–Crippen LogP) is 2.34. The molecule has 1 aliphatic rings. The van der Waals surface area contributed by atoms with Crippen LogP contribution in [0.1, 0.15) is 43.5 Å². The highest BCUT2D eigenvalue weighted by Gasteiger charge is 2.22. The minimum absolute atomic E-state index is 0.358. The van der Waals surface area contributed by atoms with Gasteiger partial charge in [0.2, 0.25) is 0 Å². The van der Waals surface area contributed by atoms with Gasteiger partial charge in [-0.05, 0) is 38.5 Å². The van der Waals surface area contributed by atoms with Crippen molar-refractivity contribution in [1.29, 1.82) is 0 Å². The molecule has 0 saturated heterocycles. The maximum absolute atomic E-state index is 9.08. The van der Waals surface area contributed by atoms with Gasteiger partial charge in [-0.1, -0.05) is 0 Å². The topological polar surface area (TPSA) is 45.1 Å². The van der Waals surface area contributed by atoms with E-state index in [2.05, 4.69) is 17.2 Å². The van der Waals surface area contributed by atoms with E-state index in [1.54, 1.807) is 11.3 Å². The first kappa shape index (κ1) is 12.0. The lowest BCUT2D eigenvalue weighted by Crippen LogP contribution is -2.35. The average Bonchev–Trinajstić information content (AvgIpc) is 2.83. The zero-order valence-electron chi connectivity index (χ0n) is 9.72. The normalized spacial score (nSPS) is 27.9. The number of hydrogen-bond donors (Lipinski definition) is 2. The van der Waals surface area contributed by atoms with Crippen LogP contribution in [0.25, 0.3) is 0 Å². The Morgan fingerprint density at radius 3 is 2.81 bits per heavy atom. The molecule has 1 fully saturated rings. The molecule has 0 radical (unpaired) electrons. The fourth-order valence-corrected chi connectivity index (χ4v) is 3.02. The minimum Gasteiger partial charge on any atom is -0.396 e. The monoisotopic (exact) mass is 240 g/mol. The molecule has 0 spiro atoms. The molecule has 2 N–H and O–H groups in total. The van der Waals surface area contributed by atoms with E-state index in [4.69, 9.17) is 5.11 Å². The second-order valence-electron chi connectivity index (χ2n) is 4.69. The van der Waals surface area contributed by atoms with E-state index in [0.29, 0.717) is 24.6 Å². The molecule has 1 aliphatic carbocycles. The molecule has 1 unspecified atom stereocenters. The molecule has 1 atom stereocenters. The predicted molar refractivity (Wildman–Crippen MR) is 66.5 cm³/mol. The Hall–Kier alpha value is -0.450. The zero-order chi connectivity index (χ0) is 11.4. The number of rotatable bonds is 4. The summed E-state index contributed by atoms with van der Waals surface area (Å²) in [7, 11) is 0. The quantitative estimate of drug-likeness (QED) is 0.849. The van der Waals surface area contributed by atoms with Gasteiger partial charge in [0.15, 0.2) is 0 Å². The summed E-state index contributed by atoms with van der Waals surface area (Å²) in [5.41, 5.74) is 1.89. The number of nitrogens with one attached hydrogen (secondary N) is 1. The van der Waals surface area contributed by atoms with Crippen LogP contribution in [-0.2, 0) is 0 Å². The van der Waals surface area contributed by atoms with Gasteiger partial charge in [0, 0.05) is 29.8 Å². The van der Waals surface area contributed by atoms with E-state index in [9.17, 15) is 0 Å². The van der Waals surface area contributed by atoms with Gasteiger partial charge in [0.05, 0.1) is 5.51 Å². The summed E-state index contributed by atoms with van der Waals surface area (Å²) in [4.78, 5) is 5.42. The summed E-state index contributed by atoms with van der Waals surface area (Å²) < 4.78 is 0. The molecule has 90 valence electrons. The number of nitrogens with zero attached hydrogens (tertiary/aromatic N) is 1. The third kappa shape index (κ3) is 3.03.